The van der Waals surface area contributed by atoms with Crippen LogP contribution in [0.5, 0.6) is 17.2 Å². The first kappa shape index (κ1) is 8.20. The summed E-state index contributed by atoms with van der Waals surface area (Å²) in [7, 11) is 0. The first-order valence-corrected chi connectivity index (χ1v) is 4.24. The Morgan fingerprint density at radius 1 is 1.46 bits per heavy atom. The number of rotatable bonds is 0. The van der Waals surface area contributed by atoms with E-state index in [9.17, 15) is 5.11 Å². The summed E-state index contributed by atoms with van der Waals surface area (Å²) >= 11 is 3.21. The van der Waals surface area contributed by atoms with Crippen LogP contribution in [0.1, 0.15) is 5.56 Å². The van der Waals surface area contributed by atoms with Gasteiger partial charge in [-0.3, -0.25) is 0 Å². The molecule has 66 valence electrons. The second kappa shape index (κ2) is 2.82. The van der Waals surface area contributed by atoms with Crippen molar-refractivity contribution in [3.8, 4) is 23.3 Å². The fourth-order valence-corrected chi connectivity index (χ4v) is 1.62. The molecule has 1 aliphatic rings. The third-order valence-electron chi connectivity index (χ3n) is 1.69. The zero-order chi connectivity index (χ0) is 9.42. The molecular formula is C8H4BrNO3. The van der Waals surface area contributed by atoms with Crippen LogP contribution in [0, 0.1) is 11.3 Å². The molecule has 0 aliphatic carbocycles. The Balaban J connectivity index is 2.71. The van der Waals surface area contributed by atoms with Crippen LogP contribution in [0.2, 0.25) is 0 Å². The number of nitriles is 1. The predicted octanol–water partition coefficient (Wildman–Crippen LogP) is 1.76. The lowest BCUT2D eigenvalue weighted by molar-refractivity contribution is 0.171. The van der Waals surface area contributed by atoms with Gasteiger partial charge in [-0.1, -0.05) is 0 Å². The number of ether oxygens (including phenoxy) is 2. The van der Waals surface area contributed by atoms with E-state index >= 15 is 0 Å². The van der Waals surface area contributed by atoms with Gasteiger partial charge < -0.3 is 14.6 Å². The van der Waals surface area contributed by atoms with Gasteiger partial charge in [0.2, 0.25) is 12.5 Å². The lowest BCUT2D eigenvalue weighted by Gasteiger charge is -2.02. The van der Waals surface area contributed by atoms with Crippen LogP contribution in [-0.2, 0) is 0 Å². The molecule has 0 fully saturated rings. The molecule has 0 saturated heterocycles. The van der Waals surface area contributed by atoms with Crippen LogP contribution in [0.25, 0.3) is 0 Å². The highest BCUT2D eigenvalue weighted by Crippen LogP contribution is 2.47. The molecule has 0 bridgehead atoms. The Morgan fingerprint density at radius 3 is 2.85 bits per heavy atom. The average molecular weight is 242 g/mol. The van der Waals surface area contributed by atoms with Crippen molar-refractivity contribution in [2.75, 3.05) is 6.79 Å². The minimum Gasteiger partial charge on any atom is -0.503 e. The summed E-state index contributed by atoms with van der Waals surface area (Å²) in [5.74, 6) is 0.501. The number of phenolic OH excluding ortho intramolecular Hbond substituents is 1. The van der Waals surface area contributed by atoms with Crippen LogP contribution in [0.15, 0.2) is 10.5 Å². The lowest BCUT2D eigenvalue weighted by atomic mass is 10.2. The third-order valence-corrected chi connectivity index (χ3v) is 2.28. The van der Waals surface area contributed by atoms with E-state index in [0.717, 1.165) is 0 Å². The van der Waals surface area contributed by atoms with Gasteiger partial charge in [-0.25, -0.2) is 0 Å². The number of fused-ring (bicyclic) bond motifs is 1. The maximum absolute atomic E-state index is 9.49. The van der Waals surface area contributed by atoms with Gasteiger partial charge in [-0.15, -0.1) is 0 Å². The van der Waals surface area contributed by atoms with E-state index in [4.69, 9.17) is 14.7 Å². The van der Waals surface area contributed by atoms with Gasteiger partial charge in [-0.2, -0.15) is 5.26 Å². The molecule has 0 aromatic heterocycles. The van der Waals surface area contributed by atoms with Gasteiger partial charge >= 0.3 is 0 Å². The van der Waals surface area contributed by atoms with Crippen molar-refractivity contribution in [3.05, 3.63) is 16.1 Å². The molecule has 13 heavy (non-hydrogen) atoms. The highest BCUT2D eigenvalue weighted by molar-refractivity contribution is 9.10. The molecule has 0 radical (unpaired) electrons. The Morgan fingerprint density at radius 2 is 2.15 bits per heavy atom. The van der Waals surface area contributed by atoms with Crippen LogP contribution in [-0.4, -0.2) is 11.9 Å². The second-order valence-corrected chi connectivity index (χ2v) is 3.29. The summed E-state index contributed by atoms with van der Waals surface area (Å²) in [6.07, 6.45) is 0. The summed E-state index contributed by atoms with van der Waals surface area (Å²) in [4.78, 5) is 0. The highest BCUT2D eigenvalue weighted by Gasteiger charge is 2.23. The van der Waals surface area contributed by atoms with Crippen molar-refractivity contribution in [1.82, 2.24) is 0 Å². The minimum atomic E-state index is -0.168. The Kier molecular flexibility index (Phi) is 1.78. The number of phenols is 1. The zero-order valence-electron chi connectivity index (χ0n) is 6.37. The number of aromatic hydroxyl groups is 1. The number of hydrogen-bond acceptors (Lipinski definition) is 4. The normalized spacial score (nSPS) is 12.6. The number of halogens is 1. The molecule has 5 heteroatoms. The molecule has 0 amide bonds. The van der Waals surface area contributed by atoms with E-state index < -0.39 is 0 Å². The van der Waals surface area contributed by atoms with Crippen molar-refractivity contribution in [2.24, 2.45) is 0 Å². The molecule has 1 aromatic carbocycles. The summed E-state index contributed by atoms with van der Waals surface area (Å²) in [6.45, 7) is 0.0658. The van der Waals surface area contributed by atoms with Gasteiger partial charge in [0.1, 0.15) is 6.07 Å². The Hall–Kier alpha value is -1.41. The molecule has 0 atom stereocenters. The monoisotopic (exact) mass is 241 g/mol. The van der Waals surface area contributed by atoms with Gasteiger partial charge in [-0.05, 0) is 22.0 Å². The van der Waals surface area contributed by atoms with E-state index in [1.807, 2.05) is 6.07 Å². The van der Waals surface area contributed by atoms with E-state index in [-0.39, 0.29) is 23.9 Å². The number of hydrogen-bond donors (Lipinski definition) is 1. The van der Waals surface area contributed by atoms with Crippen LogP contribution >= 0.6 is 15.9 Å². The molecule has 2 rings (SSSR count). The highest BCUT2D eigenvalue weighted by atomic mass is 79.9. The van der Waals surface area contributed by atoms with Crippen molar-refractivity contribution >= 4 is 15.9 Å². The van der Waals surface area contributed by atoms with E-state index in [0.29, 0.717) is 10.2 Å². The standard InChI is InChI=1S/C8H4BrNO3/c9-5-1-4(2-10)6(11)8-7(5)12-3-13-8/h1,11H,3H2. The summed E-state index contributed by atoms with van der Waals surface area (Å²) in [6, 6.07) is 3.34. The number of nitrogens with zero attached hydrogens (tertiary/aromatic N) is 1. The SMILES string of the molecule is N#Cc1cc(Br)c2c(c1O)OCO2. The Labute approximate surface area is 82.4 Å². The van der Waals surface area contributed by atoms with Gasteiger partial charge in [0.05, 0.1) is 10.0 Å². The summed E-state index contributed by atoms with van der Waals surface area (Å²) in [5, 5.41) is 18.1. The van der Waals surface area contributed by atoms with E-state index in [1.165, 1.54) is 6.07 Å². The first-order valence-electron chi connectivity index (χ1n) is 3.45. The smallest absolute Gasteiger partial charge is 0.231 e. The van der Waals surface area contributed by atoms with Crippen LogP contribution < -0.4 is 9.47 Å². The predicted molar refractivity (Wildman–Crippen MR) is 46.6 cm³/mol. The first-order chi connectivity index (χ1) is 6.24. The molecule has 1 aromatic rings. The third kappa shape index (κ3) is 1.11. The zero-order valence-corrected chi connectivity index (χ0v) is 7.96. The minimum absolute atomic E-state index is 0.0658. The molecule has 1 N–H and O–H groups in total. The molecule has 0 spiro atoms. The maximum Gasteiger partial charge on any atom is 0.231 e. The molecule has 0 unspecified atom stereocenters. The Bertz CT molecular complexity index is 411. The summed E-state index contributed by atoms with van der Waals surface area (Å²) in [5.41, 5.74) is 0.163. The number of benzene rings is 1. The second-order valence-electron chi connectivity index (χ2n) is 2.43. The molecule has 1 heterocycles. The largest absolute Gasteiger partial charge is 0.503 e. The fraction of sp³-hybridized carbons (Fsp3) is 0.125. The van der Waals surface area contributed by atoms with Crippen molar-refractivity contribution < 1.29 is 14.6 Å². The van der Waals surface area contributed by atoms with Crippen LogP contribution in [0.4, 0.5) is 0 Å². The van der Waals surface area contributed by atoms with Crippen LogP contribution in [0.3, 0.4) is 0 Å². The van der Waals surface area contributed by atoms with Gasteiger partial charge in [0.25, 0.3) is 0 Å². The fourth-order valence-electron chi connectivity index (χ4n) is 1.10. The van der Waals surface area contributed by atoms with Crippen molar-refractivity contribution in [2.45, 2.75) is 0 Å². The molecular weight excluding hydrogens is 238 g/mol. The average Bonchev–Trinajstić information content (AvgIpc) is 2.60. The van der Waals surface area contributed by atoms with Gasteiger partial charge in [0.15, 0.2) is 11.5 Å². The molecule has 0 saturated carbocycles. The quantitative estimate of drug-likeness (QED) is 0.752. The van der Waals surface area contributed by atoms with E-state index in [2.05, 4.69) is 15.9 Å². The van der Waals surface area contributed by atoms with Crippen molar-refractivity contribution in [1.29, 1.82) is 5.26 Å². The van der Waals surface area contributed by atoms with E-state index in [1.54, 1.807) is 0 Å². The summed E-state index contributed by atoms with van der Waals surface area (Å²) < 4.78 is 10.7. The molecule has 1 aliphatic heterocycles. The lowest BCUT2D eigenvalue weighted by Crippen LogP contribution is -1.93. The maximum atomic E-state index is 9.49. The van der Waals surface area contributed by atoms with Gasteiger partial charge in [0, 0.05) is 0 Å². The topological polar surface area (TPSA) is 62.5 Å². The molecule has 4 nitrogen and oxygen atoms in total. The van der Waals surface area contributed by atoms with Crippen molar-refractivity contribution in [3.63, 3.8) is 0 Å².